The van der Waals surface area contributed by atoms with Gasteiger partial charge in [-0.2, -0.15) is 4.98 Å². The van der Waals surface area contributed by atoms with Crippen LogP contribution in [-0.4, -0.2) is 23.6 Å². The lowest BCUT2D eigenvalue weighted by molar-refractivity contribution is 0.0519. The predicted octanol–water partition coefficient (Wildman–Crippen LogP) is 1.68. The first-order valence-electron chi connectivity index (χ1n) is 5.00. The van der Waals surface area contributed by atoms with Gasteiger partial charge in [-0.25, -0.2) is 4.79 Å². The van der Waals surface area contributed by atoms with Crippen LogP contribution in [0.2, 0.25) is 0 Å². The molecule has 0 fully saturated rings. The smallest absolute Gasteiger partial charge is 0.360 e. The van der Waals surface area contributed by atoms with Crippen LogP contribution in [0.15, 0.2) is 10.7 Å². The molecule has 1 heterocycles. The first-order valence-corrected chi connectivity index (χ1v) is 5.00. The summed E-state index contributed by atoms with van der Waals surface area (Å²) in [5.41, 5.74) is 0.150. The number of hydrogen-bond donors (Lipinski definition) is 1. The summed E-state index contributed by atoms with van der Waals surface area (Å²) in [7, 11) is 0. The normalized spacial score (nSPS) is 11.6. The maximum Gasteiger partial charge on any atom is 0.360 e. The van der Waals surface area contributed by atoms with Crippen molar-refractivity contribution in [1.29, 1.82) is 0 Å². The Bertz CT molecular complexity index is 392. The van der Waals surface area contributed by atoms with Crippen LogP contribution in [0.3, 0.4) is 0 Å². The van der Waals surface area contributed by atoms with Crippen LogP contribution in [0.25, 0.3) is 0 Å². The molecule has 1 unspecified atom stereocenters. The summed E-state index contributed by atoms with van der Waals surface area (Å²) in [4.78, 5) is 15.2. The van der Waals surface area contributed by atoms with E-state index in [4.69, 9.17) is 15.6 Å². The Balaban J connectivity index is 2.58. The highest BCUT2D eigenvalue weighted by molar-refractivity contribution is 5.87. The molecule has 0 bridgehead atoms. The first-order chi connectivity index (χ1) is 7.67. The molecule has 86 valence electrons. The molecule has 0 amide bonds. The molecule has 5 heteroatoms. The van der Waals surface area contributed by atoms with E-state index in [1.54, 1.807) is 6.92 Å². The van der Waals surface area contributed by atoms with Gasteiger partial charge >= 0.3 is 5.97 Å². The predicted molar refractivity (Wildman–Crippen MR) is 59.0 cm³/mol. The highest BCUT2D eigenvalue weighted by Crippen LogP contribution is 2.10. The number of anilines is 1. The Morgan fingerprint density at radius 2 is 2.56 bits per heavy atom. The van der Waals surface area contributed by atoms with Gasteiger partial charge in [0.05, 0.1) is 6.61 Å². The molecule has 16 heavy (non-hydrogen) atoms. The minimum Gasteiger partial charge on any atom is -0.461 e. The van der Waals surface area contributed by atoms with Gasteiger partial charge in [0.1, 0.15) is 6.26 Å². The number of rotatable bonds is 5. The molecule has 5 nitrogen and oxygen atoms in total. The number of nitrogens with zero attached hydrogens (tertiary/aromatic N) is 1. The van der Waals surface area contributed by atoms with Crippen molar-refractivity contribution in [2.45, 2.75) is 26.3 Å². The molecule has 1 atom stereocenters. The fourth-order valence-corrected chi connectivity index (χ4v) is 1.08. The number of hydrogen-bond acceptors (Lipinski definition) is 5. The van der Waals surface area contributed by atoms with Crippen molar-refractivity contribution in [2.24, 2.45) is 0 Å². The fraction of sp³-hybridized carbons (Fsp3) is 0.455. The number of esters is 1. The fourth-order valence-electron chi connectivity index (χ4n) is 1.08. The van der Waals surface area contributed by atoms with E-state index >= 15 is 0 Å². The zero-order chi connectivity index (χ0) is 12.0. The molecule has 1 aromatic rings. The zero-order valence-electron chi connectivity index (χ0n) is 9.32. The van der Waals surface area contributed by atoms with Crippen molar-refractivity contribution in [2.75, 3.05) is 11.9 Å². The van der Waals surface area contributed by atoms with Gasteiger partial charge in [-0.1, -0.05) is 0 Å². The molecular weight excluding hydrogens is 208 g/mol. The lowest BCUT2D eigenvalue weighted by atomic mass is 10.2. The van der Waals surface area contributed by atoms with E-state index in [2.05, 4.69) is 16.2 Å². The van der Waals surface area contributed by atoms with Crippen molar-refractivity contribution in [3.63, 3.8) is 0 Å². The van der Waals surface area contributed by atoms with Gasteiger partial charge in [0.15, 0.2) is 5.69 Å². The average Bonchev–Trinajstić information content (AvgIpc) is 2.67. The number of carbonyl (C=O) groups excluding carboxylic acids is 1. The summed E-state index contributed by atoms with van der Waals surface area (Å²) in [6.45, 7) is 3.93. The van der Waals surface area contributed by atoms with Crippen molar-refractivity contribution in [1.82, 2.24) is 4.98 Å². The third-order valence-corrected chi connectivity index (χ3v) is 1.78. The first kappa shape index (κ1) is 12.1. The summed E-state index contributed by atoms with van der Waals surface area (Å²) < 4.78 is 9.83. The van der Waals surface area contributed by atoms with Crippen molar-refractivity contribution in [3.05, 3.63) is 12.0 Å². The summed E-state index contributed by atoms with van der Waals surface area (Å²) >= 11 is 0. The Labute approximate surface area is 94.2 Å². The van der Waals surface area contributed by atoms with E-state index in [0.29, 0.717) is 13.0 Å². The molecule has 0 saturated heterocycles. The summed E-state index contributed by atoms with van der Waals surface area (Å²) in [5.74, 6) is 2.02. The SMILES string of the molecule is C#CCC(C)Nc1nc(C(=O)OCC)co1. The maximum atomic E-state index is 11.3. The molecule has 0 aliphatic carbocycles. The second kappa shape index (κ2) is 5.81. The summed E-state index contributed by atoms with van der Waals surface area (Å²) in [6.07, 6.45) is 6.97. The van der Waals surface area contributed by atoms with E-state index < -0.39 is 5.97 Å². The van der Waals surface area contributed by atoms with E-state index in [1.807, 2.05) is 6.92 Å². The van der Waals surface area contributed by atoms with Gasteiger partial charge in [0.25, 0.3) is 6.01 Å². The van der Waals surface area contributed by atoms with Crippen LogP contribution < -0.4 is 5.32 Å². The van der Waals surface area contributed by atoms with Gasteiger partial charge in [-0.3, -0.25) is 0 Å². The van der Waals surface area contributed by atoms with E-state index in [0.717, 1.165) is 0 Å². The van der Waals surface area contributed by atoms with Gasteiger partial charge in [-0.05, 0) is 13.8 Å². The van der Waals surface area contributed by atoms with Gasteiger partial charge in [0.2, 0.25) is 0 Å². The van der Waals surface area contributed by atoms with Gasteiger partial charge in [-0.15, -0.1) is 12.3 Å². The van der Waals surface area contributed by atoms with Crippen LogP contribution >= 0.6 is 0 Å². The molecule has 0 aromatic carbocycles. The second-order valence-corrected chi connectivity index (χ2v) is 3.21. The Morgan fingerprint density at radius 3 is 3.19 bits per heavy atom. The number of aromatic nitrogens is 1. The Hall–Kier alpha value is -1.96. The third kappa shape index (κ3) is 3.31. The lowest BCUT2D eigenvalue weighted by Gasteiger charge is -2.06. The van der Waals surface area contributed by atoms with Crippen molar-refractivity contribution in [3.8, 4) is 12.3 Å². The average molecular weight is 222 g/mol. The van der Waals surface area contributed by atoms with Gasteiger partial charge < -0.3 is 14.5 Å². The molecule has 0 saturated carbocycles. The summed E-state index contributed by atoms with van der Waals surface area (Å²) in [5, 5.41) is 2.93. The Kier molecular flexibility index (Phi) is 4.40. The second-order valence-electron chi connectivity index (χ2n) is 3.21. The minimum atomic E-state index is -0.496. The van der Waals surface area contributed by atoms with Crippen molar-refractivity contribution < 1.29 is 13.9 Å². The third-order valence-electron chi connectivity index (χ3n) is 1.78. The molecule has 0 aliphatic rings. The topological polar surface area (TPSA) is 64.4 Å². The Morgan fingerprint density at radius 1 is 1.81 bits per heavy atom. The van der Waals surface area contributed by atoms with E-state index in [-0.39, 0.29) is 17.8 Å². The number of terminal acetylenes is 1. The number of oxazole rings is 1. The van der Waals surface area contributed by atoms with Crippen LogP contribution in [-0.2, 0) is 4.74 Å². The standard InChI is InChI=1S/C11H14N2O3/c1-4-6-8(3)12-11-13-9(7-16-11)10(14)15-5-2/h1,7-8H,5-6H2,2-3H3,(H,12,13). The highest BCUT2D eigenvalue weighted by atomic mass is 16.5. The molecule has 0 radical (unpaired) electrons. The minimum absolute atomic E-state index is 0.0405. The quantitative estimate of drug-likeness (QED) is 0.606. The molecule has 1 aromatic heterocycles. The molecule has 1 N–H and O–H groups in total. The van der Waals surface area contributed by atoms with Gasteiger partial charge in [0, 0.05) is 12.5 Å². The molecular formula is C11H14N2O3. The van der Waals surface area contributed by atoms with Crippen molar-refractivity contribution >= 4 is 12.0 Å². The largest absolute Gasteiger partial charge is 0.461 e. The summed E-state index contributed by atoms with van der Waals surface area (Å²) in [6, 6.07) is 0.310. The van der Waals surface area contributed by atoms with E-state index in [1.165, 1.54) is 6.26 Å². The van der Waals surface area contributed by atoms with Crippen LogP contribution in [0.5, 0.6) is 0 Å². The van der Waals surface area contributed by atoms with Crippen LogP contribution in [0, 0.1) is 12.3 Å². The monoisotopic (exact) mass is 222 g/mol. The van der Waals surface area contributed by atoms with E-state index in [9.17, 15) is 4.79 Å². The molecule has 1 rings (SSSR count). The number of carbonyl (C=O) groups is 1. The maximum absolute atomic E-state index is 11.3. The number of ether oxygens (including phenoxy) is 1. The number of nitrogens with one attached hydrogen (secondary N) is 1. The molecule has 0 aliphatic heterocycles. The zero-order valence-corrected chi connectivity index (χ0v) is 9.32. The van der Waals surface area contributed by atoms with Crippen LogP contribution in [0.1, 0.15) is 30.8 Å². The molecule has 0 spiro atoms. The van der Waals surface area contributed by atoms with Crippen LogP contribution in [0.4, 0.5) is 6.01 Å². The highest BCUT2D eigenvalue weighted by Gasteiger charge is 2.13. The lowest BCUT2D eigenvalue weighted by Crippen LogP contribution is -2.14.